The normalized spacial score (nSPS) is 17.4. The van der Waals surface area contributed by atoms with Crippen LogP contribution in [0, 0.1) is 5.41 Å². The maximum Gasteiger partial charge on any atom is 0.170 e. The lowest BCUT2D eigenvalue weighted by Gasteiger charge is -2.39. The summed E-state index contributed by atoms with van der Waals surface area (Å²) in [6.45, 7) is 0.455. The van der Waals surface area contributed by atoms with Gasteiger partial charge in [0.25, 0.3) is 0 Å². The SMILES string of the molecule is NCC1(C(=O)c2ccc3ncccc3c2)CCC1. The van der Waals surface area contributed by atoms with Crippen LogP contribution in [0.2, 0.25) is 0 Å². The third-order valence-electron chi connectivity index (χ3n) is 4.05. The molecule has 3 heteroatoms. The second kappa shape index (κ2) is 4.18. The minimum Gasteiger partial charge on any atom is -0.329 e. The molecule has 1 fully saturated rings. The first-order chi connectivity index (χ1) is 8.75. The lowest BCUT2D eigenvalue weighted by Crippen LogP contribution is -2.44. The molecule has 1 heterocycles. The molecule has 0 radical (unpaired) electrons. The number of fused-ring (bicyclic) bond motifs is 1. The summed E-state index contributed by atoms with van der Waals surface area (Å²) in [5, 5.41) is 1.01. The molecule has 0 atom stereocenters. The van der Waals surface area contributed by atoms with Gasteiger partial charge < -0.3 is 5.73 Å². The second-order valence-electron chi connectivity index (χ2n) is 5.08. The molecule has 0 amide bonds. The zero-order chi connectivity index (χ0) is 12.6. The Bertz CT molecular complexity index is 597. The van der Waals surface area contributed by atoms with Crippen LogP contribution in [-0.4, -0.2) is 17.3 Å². The summed E-state index contributed by atoms with van der Waals surface area (Å²) in [5.41, 5.74) is 7.18. The smallest absolute Gasteiger partial charge is 0.170 e. The first-order valence-electron chi connectivity index (χ1n) is 6.35. The summed E-state index contributed by atoms with van der Waals surface area (Å²) in [5.74, 6) is 0.196. The van der Waals surface area contributed by atoms with Crippen molar-refractivity contribution < 1.29 is 4.79 Å². The fraction of sp³-hybridized carbons (Fsp3) is 0.333. The third kappa shape index (κ3) is 1.63. The van der Waals surface area contributed by atoms with Crippen LogP contribution < -0.4 is 5.73 Å². The number of nitrogens with zero attached hydrogens (tertiary/aromatic N) is 1. The van der Waals surface area contributed by atoms with Crippen molar-refractivity contribution in [3.05, 3.63) is 42.1 Å². The van der Waals surface area contributed by atoms with Crippen LogP contribution in [0.5, 0.6) is 0 Å². The zero-order valence-electron chi connectivity index (χ0n) is 10.2. The number of rotatable bonds is 3. The monoisotopic (exact) mass is 240 g/mol. The highest BCUT2D eigenvalue weighted by molar-refractivity contribution is 6.03. The van der Waals surface area contributed by atoms with Crippen LogP contribution in [0.1, 0.15) is 29.6 Å². The van der Waals surface area contributed by atoms with Crippen LogP contribution in [0.25, 0.3) is 10.9 Å². The predicted molar refractivity (Wildman–Crippen MR) is 71.4 cm³/mol. The molecule has 1 aromatic heterocycles. The summed E-state index contributed by atoms with van der Waals surface area (Å²) < 4.78 is 0. The zero-order valence-corrected chi connectivity index (χ0v) is 10.2. The Morgan fingerprint density at radius 1 is 1.33 bits per heavy atom. The summed E-state index contributed by atoms with van der Waals surface area (Å²) in [7, 11) is 0. The maximum absolute atomic E-state index is 12.5. The second-order valence-corrected chi connectivity index (χ2v) is 5.08. The number of pyridine rings is 1. The minimum absolute atomic E-state index is 0.196. The van der Waals surface area contributed by atoms with Gasteiger partial charge in [0.2, 0.25) is 0 Å². The van der Waals surface area contributed by atoms with Gasteiger partial charge in [-0.3, -0.25) is 9.78 Å². The number of benzene rings is 1. The molecule has 1 saturated carbocycles. The van der Waals surface area contributed by atoms with Crippen LogP contribution in [0.15, 0.2) is 36.5 Å². The highest BCUT2D eigenvalue weighted by Crippen LogP contribution is 2.42. The molecule has 0 saturated heterocycles. The molecule has 2 aromatic rings. The molecule has 0 unspecified atom stereocenters. The molecular weight excluding hydrogens is 224 g/mol. The van der Waals surface area contributed by atoms with E-state index in [1.165, 1.54) is 0 Å². The summed E-state index contributed by atoms with van der Waals surface area (Å²) >= 11 is 0. The van der Waals surface area contributed by atoms with Crippen LogP contribution >= 0.6 is 0 Å². The molecule has 0 bridgehead atoms. The van der Waals surface area contributed by atoms with Gasteiger partial charge in [-0.1, -0.05) is 12.5 Å². The number of carbonyl (C=O) groups is 1. The van der Waals surface area contributed by atoms with Gasteiger partial charge in [0.1, 0.15) is 0 Å². The Morgan fingerprint density at radius 3 is 2.83 bits per heavy atom. The number of ketones is 1. The van der Waals surface area contributed by atoms with E-state index in [-0.39, 0.29) is 11.2 Å². The van der Waals surface area contributed by atoms with Crippen molar-refractivity contribution in [2.24, 2.45) is 11.1 Å². The van der Waals surface area contributed by atoms with Crippen molar-refractivity contribution in [3.8, 4) is 0 Å². The predicted octanol–water partition coefficient (Wildman–Crippen LogP) is 2.55. The standard InChI is InChI=1S/C15H16N2O/c16-10-15(6-2-7-15)14(18)12-4-5-13-11(9-12)3-1-8-17-13/h1,3-5,8-9H,2,6-7,10,16H2. The van der Waals surface area contributed by atoms with Crippen molar-refractivity contribution in [3.63, 3.8) is 0 Å². The maximum atomic E-state index is 12.5. The molecule has 2 N–H and O–H groups in total. The molecule has 18 heavy (non-hydrogen) atoms. The van der Waals surface area contributed by atoms with Gasteiger partial charge in [-0.05, 0) is 37.1 Å². The molecule has 0 aliphatic heterocycles. The summed E-state index contributed by atoms with van der Waals surface area (Å²) in [6.07, 6.45) is 4.72. The van der Waals surface area contributed by atoms with Gasteiger partial charge >= 0.3 is 0 Å². The summed E-state index contributed by atoms with van der Waals surface area (Å²) in [4.78, 5) is 16.8. The molecule has 3 rings (SSSR count). The third-order valence-corrected chi connectivity index (χ3v) is 4.05. The Kier molecular flexibility index (Phi) is 2.63. The van der Waals surface area contributed by atoms with Gasteiger partial charge in [0.15, 0.2) is 5.78 Å². The molecule has 1 aliphatic carbocycles. The number of hydrogen-bond acceptors (Lipinski definition) is 3. The van der Waals surface area contributed by atoms with Gasteiger partial charge in [0.05, 0.1) is 5.52 Å². The van der Waals surface area contributed by atoms with Crippen LogP contribution in [-0.2, 0) is 0 Å². The number of hydrogen-bond donors (Lipinski definition) is 1. The molecular formula is C15H16N2O. The van der Waals surface area contributed by atoms with E-state index in [1.54, 1.807) is 6.20 Å². The number of aromatic nitrogens is 1. The number of nitrogens with two attached hydrogens (primary N) is 1. The highest BCUT2D eigenvalue weighted by atomic mass is 16.1. The fourth-order valence-corrected chi connectivity index (χ4v) is 2.65. The van der Waals surface area contributed by atoms with Gasteiger partial charge in [-0.25, -0.2) is 0 Å². The Morgan fingerprint density at radius 2 is 2.17 bits per heavy atom. The molecule has 0 spiro atoms. The first-order valence-corrected chi connectivity index (χ1v) is 6.35. The van der Waals surface area contributed by atoms with E-state index >= 15 is 0 Å². The van der Waals surface area contributed by atoms with Gasteiger partial charge in [0, 0.05) is 29.1 Å². The first kappa shape index (κ1) is 11.4. The highest BCUT2D eigenvalue weighted by Gasteiger charge is 2.42. The molecule has 1 aromatic carbocycles. The van der Waals surface area contributed by atoms with Crippen molar-refractivity contribution in [1.29, 1.82) is 0 Å². The average Bonchev–Trinajstić information content (AvgIpc) is 2.37. The van der Waals surface area contributed by atoms with Gasteiger partial charge in [-0.2, -0.15) is 0 Å². The number of Topliss-reactive ketones (excluding diaryl/α,β-unsaturated/α-hetero) is 1. The quantitative estimate of drug-likeness (QED) is 0.839. The number of carbonyl (C=O) groups excluding carboxylic acids is 1. The Balaban J connectivity index is 2.01. The average molecular weight is 240 g/mol. The topological polar surface area (TPSA) is 56.0 Å². The van der Waals surface area contributed by atoms with E-state index in [9.17, 15) is 4.79 Å². The van der Waals surface area contributed by atoms with E-state index in [0.717, 1.165) is 35.7 Å². The molecule has 3 nitrogen and oxygen atoms in total. The molecule has 1 aliphatic rings. The summed E-state index contributed by atoms with van der Waals surface area (Å²) in [6, 6.07) is 9.58. The van der Waals surface area contributed by atoms with E-state index in [0.29, 0.717) is 6.54 Å². The Labute approximate surface area is 106 Å². The van der Waals surface area contributed by atoms with Crippen LogP contribution in [0.4, 0.5) is 0 Å². The lowest BCUT2D eigenvalue weighted by molar-refractivity contribution is 0.0636. The lowest BCUT2D eigenvalue weighted by atomic mass is 9.64. The van der Waals surface area contributed by atoms with Crippen LogP contribution in [0.3, 0.4) is 0 Å². The van der Waals surface area contributed by atoms with Crippen molar-refractivity contribution in [2.75, 3.05) is 6.54 Å². The van der Waals surface area contributed by atoms with E-state index in [2.05, 4.69) is 4.98 Å². The van der Waals surface area contributed by atoms with Crippen molar-refractivity contribution in [1.82, 2.24) is 4.98 Å². The van der Waals surface area contributed by atoms with Gasteiger partial charge in [-0.15, -0.1) is 0 Å². The van der Waals surface area contributed by atoms with E-state index < -0.39 is 0 Å². The minimum atomic E-state index is -0.296. The fourth-order valence-electron chi connectivity index (χ4n) is 2.65. The van der Waals surface area contributed by atoms with E-state index in [4.69, 9.17) is 5.73 Å². The van der Waals surface area contributed by atoms with Crippen molar-refractivity contribution in [2.45, 2.75) is 19.3 Å². The Hall–Kier alpha value is -1.74. The largest absolute Gasteiger partial charge is 0.329 e. The molecule has 92 valence electrons. The van der Waals surface area contributed by atoms with Crippen molar-refractivity contribution >= 4 is 16.7 Å². The van der Waals surface area contributed by atoms with E-state index in [1.807, 2.05) is 30.3 Å².